The highest BCUT2D eigenvalue weighted by molar-refractivity contribution is 7.13. The largest absolute Gasteiger partial charge is 0.416 e. The van der Waals surface area contributed by atoms with Gasteiger partial charge in [0.25, 0.3) is 0 Å². The molecule has 1 nitrogen and oxygen atoms in total. The molecule has 2 aromatic carbocycles. The quantitative estimate of drug-likeness (QED) is 0.628. The molecule has 0 spiro atoms. The van der Waals surface area contributed by atoms with Gasteiger partial charge in [0.15, 0.2) is 0 Å². The Morgan fingerprint density at radius 2 is 1.59 bits per heavy atom. The van der Waals surface area contributed by atoms with Crippen LogP contribution in [0.2, 0.25) is 0 Å². The van der Waals surface area contributed by atoms with Crippen LogP contribution in [0.15, 0.2) is 60.0 Å². The van der Waals surface area contributed by atoms with E-state index in [1.54, 1.807) is 0 Å². The van der Waals surface area contributed by atoms with E-state index in [4.69, 9.17) is 0 Å². The van der Waals surface area contributed by atoms with Crippen molar-refractivity contribution in [3.63, 3.8) is 0 Å². The Hall–Kier alpha value is -2.14. The number of nitrogens with zero attached hydrogens (tertiary/aromatic N) is 1. The first-order valence-corrected chi connectivity index (χ1v) is 7.56. The summed E-state index contributed by atoms with van der Waals surface area (Å²) in [6.07, 6.45) is -3.59. The molecule has 0 radical (unpaired) electrons. The third kappa shape index (κ3) is 3.36. The number of benzene rings is 2. The van der Waals surface area contributed by atoms with E-state index in [1.165, 1.54) is 23.5 Å². The second-order valence-corrected chi connectivity index (χ2v) is 5.74. The van der Waals surface area contributed by atoms with Crippen molar-refractivity contribution in [3.8, 4) is 10.6 Å². The molecule has 1 heterocycles. The van der Waals surface area contributed by atoms with E-state index in [0.29, 0.717) is 5.56 Å². The number of thiazole rings is 1. The smallest absolute Gasteiger partial charge is 0.241 e. The Morgan fingerprint density at radius 3 is 2.23 bits per heavy atom. The molecule has 0 bridgehead atoms. The van der Waals surface area contributed by atoms with Crippen molar-refractivity contribution in [2.75, 3.05) is 0 Å². The van der Waals surface area contributed by atoms with Gasteiger partial charge in [0.2, 0.25) is 0 Å². The predicted molar refractivity (Wildman–Crippen MR) is 81.8 cm³/mol. The minimum absolute atomic E-state index is 0.641. The highest BCUT2D eigenvalue weighted by atomic mass is 32.1. The molecule has 22 heavy (non-hydrogen) atoms. The summed E-state index contributed by atoms with van der Waals surface area (Å²) in [7, 11) is 0. The third-order valence-electron chi connectivity index (χ3n) is 3.24. The Morgan fingerprint density at radius 1 is 0.909 bits per heavy atom. The molecule has 1 aromatic heterocycles. The Kier molecular flexibility index (Phi) is 3.98. The standard InChI is InChI=1S/C17H12F3NS/c18-17(19,20)14-8-6-13(7-9-14)16-21-15(11-22-16)10-12-4-2-1-3-5-12/h1-9,11H,10H2. The lowest BCUT2D eigenvalue weighted by Gasteiger charge is -2.06. The maximum Gasteiger partial charge on any atom is 0.416 e. The maximum absolute atomic E-state index is 12.6. The van der Waals surface area contributed by atoms with Gasteiger partial charge in [-0.05, 0) is 17.7 Å². The molecular weight excluding hydrogens is 307 g/mol. The maximum atomic E-state index is 12.6. The first-order valence-electron chi connectivity index (χ1n) is 6.68. The summed E-state index contributed by atoms with van der Waals surface area (Å²) < 4.78 is 37.7. The summed E-state index contributed by atoms with van der Waals surface area (Å²) in [5, 5.41) is 2.68. The number of alkyl halides is 3. The lowest BCUT2D eigenvalue weighted by molar-refractivity contribution is -0.137. The zero-order valence-corrected chi connectivity index (χ0v) is 12.3. The van der Waals surface area contributed by atoms with E-state index in [2.05, 4.69) is 4.98 Å². The van der Waals surface area contributed by atoms with Crippen molar-refractivity contribution in [1.29, 1.82) is 0 Å². The summed E-state index contributed by atoms with van der Waals surface area (Å²) >= 11 is 1.44. The Balaban J connectivity index is 1.79. The molecule has 0 aliphatic carbocycles. The molecule has 5 heteroatoms. The van der Waals surface area contributed by atoms with Gasteiger partial charge in [0, 0.05) is 17.4 Å². The fourth-order valence-electron chi connectivity index (χ4n) is 2.13. The average molecular weight is 319 g/mol. The van der Waals surface area contributed by atoms with Crippen LogP contribution in [0.5, 0.6) is 0 Å². The van der Waals surface area contributed by atoms with Gasteiger partial charge in [-0.25, -0.2) is 4.98 Å². The number of hydrogen-bond donors (Lipinski definition) is 0. The average Bonchev–Trinajstić information content (AvgIpc) is 2.96. The van der Waals surface area contributed by atoms with Gasteiger partial charge in [-0.3, -0.25) is 0 Å². The fraction of sp³-hybridized carbons (Fsp3) is 0.118. The van der Waals surface area contributed by atoms with Gasteiger partial charge in [-0.1, -0.05) is 42.5 Å². The summed E-state index contributed by atoms with van der Waals surface area (Å²) in [6.45, 7) is 0. The van der Waals surface area contributed by atoms with Crippen LogP contribution in [0.3, 0.4) is 0 Å². The molecule has 0 amide bonds. The van der Waals surface area contributed by atoms with Gasteiger partial charge >= 0.3 is 6.18 Å². The lowest BCUT2D eigenvalue weighted by atomic mass is 10.1. The molecule has 0 N–H and O–H groups in total. The summed E-state index contributed by atoms with van der Waals surface area (Å²) in [4.78, 5) is 4.50. The molecule has 112 valence electrons. The van der Waals surface area contributed by atoms with E-state index in [1.807, 2.05) is 35.7 Å². The van der Waals surface area contributed by atoms with Crippen LogP contribution in [0.1, 0.15) is 16.8 Å². The molecule has 0 atom stereocenters. The van der Waals surface area contributed by atoms with Crippen molar-refractivity contribution in [2.24, 2.45) is 0 Å². The van der Waals surface area contributed by atoms with E-state index in [-0.39, 0.29) is 0 Å². The molecule has 0 saturated heterocycles. The highest BCUT2D eigenvalue weighted by Gasteiger charge is 2.30. The second kappa shape index (κ2) is 5.93. The first-order chi connectivity index (χ1) is 10.5. The minimum Gasteiger partial charge on any atom is -0.241 e. The van der Waals surface area contributed by atoms with Crippen molar-refractivity contribution >= 4 is 11.3 Å². The third-order valence-corrected chi connectivity index (χ3v) is 4.18. The SMILES string of the molecule is FC(F)(F)c1ccc(-c2nc(Cc3ccccc3)cs2)cc1. The van der Waals surface area contributed by atoms with Crippen LogP contribution in [0.25, 0.3) is 10.6 Å². The van der Waals surface area contributed by atoms with Crippen LogP contribution in [-0.4, -0.2) is 4.98 Å². The van der Waals surface area contributed by atoms with Crippen LogP contribution < -0.4 is 0 Å². The molecule has 0 saturated carbocycles. The summed E-state index contributed by atoms with van der Waals surface area (Å²) in [6, 6.07) is 15.1. The number of rotatable bonds is 3. The van der Waals surface area contributed by atoms with Crippen LogP contribution in [-0.2, 0) is 12.6 Å². The number of aromatic nitrogens is 1. The predicted octanol–water partition coefficient (Wildman–Crippen LogP) is 5.42. The first kappa shape index (κ1) is 14.8. The highest BCUT2D eigenvalue weighted by Crippen LogP contribution is 2.31. The van der Waals surface area contributed by atoms with Crippen LogP contribution in [0.4, 0.5) is 13.2 Å². The molecular formula is C17H12F3NS. The monoisotopic (exact) mass is 319 g/mol. The van der Waals surface area contributed by atoms with Crippen molar-refractivity contribution in [2.45, 2.75) is 12.6 Å². The molecule has 3 aromatic rings. The number of halogens is 3. The van der Waals surface area contributed by atoms with Gasteiger partial charge in [-0.15, -0.1) is 11.3 Å². The summed E-state index contributed by atoms with van der Waals surface area (Å²) in [5.74, 6) is 0. The molecule has 0 unspecified atom stereocenters. The topological polar surface area (TPSA) is 12.9 Å². The van der Waals surface area contributed by atoms with Crippen molar-refractivity contribution in [1.82, 2.24) is 4.98 Å². The van der Waals surface area contributed by atoms with Gasteiger partial charge < -0.3 is 0 Å². The van der Waals surface area contributed by atoms with Crippen LogP contribution >= 0.6 is 11.3 Å². The zero-order chi connectivity index (χ0) is 15.6. The van der Waals surface area contributed by atoms with Crippen molar-refractivity contribution < 1.29 is 13.2 Å². The van der Waals surface area contributed by atoms with Crippen LogP contribution in [0, 0.1) is 0 Å². The molecule has 0 fully saturated rings. The Bertz CT molecular complexity index is 746. The van der Waals surface area contributed by atoms with E-state index < -0.39 is 11.7 Å². The second-order valence-electron chi connectivity index (χ2n) is 4.88. The zero-order valence-electron chi connectivity index (χ0n) is 11.5. The van der Waals surface area contributed by atoms with Gasteiger partial charge in [0.1, 0.15) is 5.01 Å². The number of hydrogen-bond acceptors (Lipinski definition) is 2. The summed E-state index contributed by atoms with van der Waals surface area (Å²) in [5.41, 5.74) is 2.15. The molecule has 3 rings (SSSR count). The van der Waals surface area contributed by atoms with Gasteiger partial charge in [0.05, 0.1) is 11.3 Å². The molecule has 0 aliphatic heterocycles. The van der Waals surface area contributed by atoms with E-state index in [0.717, 1.165) is 34.8 Å². The fourth-order valence-corrected chi connectivity index (χ4v) is 2.95. The van der Waals surface area contributed by atoms with E-state index >= 15 is 0 Å². The molecule has 0 aliphatic rings. The lowest BCUT2D eigenvalue weighted by Crippen LogP contribution is -2.03. The van der Waals surface area contributed by atoms with Crippen molar-refractivity contribution in [3.05, 3.63) is 76.8 Å². The minimum atomic E-state index is -4.31. The Labute approximate surface area is 130 Å². The van der Waals surface area contributed by atoms with E-state index in [9.17, 15) is 13.2 Å². The normalized spacial score (nSPS) is 11.6. The van der Waals surface area contributed by atoms with Gasteiger partial charge in [-0.2, -0.15) is 13.2 Å².